The zero-order valence-corrected chi connectivity index (χ0v) is 8.12. The van der Waals surface area contributed by atoms with E-state index in [1.165, 1.54) is 0 Å². The quantitative estimate of drug-likeness (QED) is 0.510. The molecule has 72 valence electrons. The van der Waals surface area contributed by atoms with Gasteiger partial charge in [0.1, 0.15) is 6.29 Å². The lowest BCUT2D eigenvalue weighted by Crippen LogP contribution is -1.69. The predicted octanol–water partition coefficient (Wildman–Crippen LogP) is 2.32. The first-order valence-electron chi connectivity index (χ1n) is 4.52. The maximum Gasteiger partial charge on any atom is 0.119 e. The van der Waals surface area contributed by atoms with Gasteiger partial charge in [0.25, 0.3) is 0 Å². The van der Waals surface area contributed by atoms with E-state index in [-0.39, 0.29) is 6.61 Å². The molecule has 0 saturated carbocycles. The van der Waals surface area contributed by atoms with Gasteiger partial charge in [-0.05, 0) is 12.8 Å². The molecule has 0 aliphatic carbocycles. The van der Waals surface area contributed by atoms with Crippen LogP contribution in [0.3, 0.4) is 0 Å². The van der Waals surface area contributed by atoms with Gasteiger partial charge in [0, 0.05) is 6.42 Å². The Morgan fingerprint density at radius 2 is 1.67 bits per heavy atom. The van der Waals surface area contributed by atoms with Gasteiger partial charge >= 0.3 is 0 Å². The molecule has 0 radical (unpaired) electrons. The van der Waals surface area contributed by atoms with Crippen LogP contribution in [0, 0.1) is 0 Å². The molecule has 0 aromatic rings. The molecule has 0 heterocycles. The smallest absolute Gasteiger partial charge is 0.119 e. The van der Waals surface area contributed by atoms with Crippen LogP contribution in [-0.4, -0.2) is 18.0 Å². The van der Waals surface area contributed by atoms with Crippen LogP contribution >= 0.6 is 0 Å². The third kappa shape index (κ3) is 22.8. The molecule has 0 aromatic heterocycles. The highest BCUT2D eigenvalue weighted by Gasteiger charge is 1.68. The normalized spacial score (nSPS) is 9.25. The molecule has 0 spiro atoms. The Labute approximate surface area is 75.3 Å². The summed E-state index contributed by atoms with van der Waals surface area (Å²) in [5.74, 6) is 0. The van der Waals surface area contributed by atoms with Crippen LogP contribution in [0.4, 0.5) is 0 Å². The van der Waals surface area contributed by atoms with Crippen molar-refractivity contribution in [2.24, 2.45) is 0 Å². The van der Waals surface area contributed by atoms with E-state index < -0.39 is 0 Å². The topological polar surface area (TPSA) is 37.3 Å². The molecule has 0 atom stereocenters. The predicted molar refractivity (Wildman–Crippen MR) is 52.1 cm³/mol. The van der Waals surface area contributed by atoms with Crippen LogP contribution in [0.1, 0.15) is 39.5 Å². The lowest BCUT2D eigenvalue weighted by molar-refractivity contribution is -0.107. The summed E-state index contributed by atoms with van der Waals surface area (Å²) in [7, 11) is 0. The molecule has 0 rings (SSSR count). The molecular weight excluding hydrogens is 152 g/mol. The van der Waals surface area contributed by atoms with E-state index >= 15 is 0 Å². The molecule has 2 nitrogen and oxygen atoms in total. The summed E-state index contributed by atoms with van der Waals surface area (Å²) < 4.78 is 0. The summed E-state index contributed by atoms with van der Waals surface area (Å²) in [5, 5.41) is 8.21. The number of aldehydes is 1. The molecular formula is C10H20O2. The van der Waals surface area contributed by atoms with Gasteiger partial charge < -0.3 is 9.90 Å². The number of carbonyl (C=O) groups is 1. The highest BCUT2D eigenvalue weighted by Crippen LogP contribution is 1.85. The molecule has 2 heteroatoms. The fourth-order valence-corrected chi connectivity index (χ4v) is 0.477. The van der Waals surface area contributed by atoms with Gasteiger partial charge in [-0.1, -0.05) is 32.4 Å². The van der Waals surface area contributed by atoms with Gasteiger partial charge in [0.2, 0.25) is 0 Å². The van der Waals surface area contributed by atoms with E-state index in [0.29, 0.717) is 6.42 Å². The average molecular weight is 172 g/mol. The second-order valence-corrected chi connectivity index (χ2v) is 2.40. The Kier molecular flexibility index (Phi) is 19.5. The molecule has 0 bridgehead atoms. The van der Waals surface area contributed by atoms with Crippen molar-refractivity contribution in [2.75, 3.05) is 6.61 Å². The van der Waals surface area contributed by atoms with Crippen molar-refractivity contribution >= 4 is 6.29 Å². The number of carbonyl (C=O) groups excluding carboxylic acids is 1. The van der Waals surface area contributed by atoms with Crippen molar-refractivity contribution < 1.29 is 9.90 Å². The standard InChI is InChI=1S/C6H12O.C4H8O/c1-2-3-4-5-6-7;1-2-3-4-5/h4-5,7H,2-3,6H2,1H3;4H,2-3H2,1H3. The highest BCUT2D eigenvalue weighted by molar-refractivity contribution is 5.48. The highest BCUT2D eigenvalue weighted by atomic mass is 16.2. The zero-order chi connectivity index (χ0) is 9.66. The molecule has 12 heavy (non-hydrogen) atoms. The number of rotatable bonds is 5. The molecule has 0 saturated heterocycles. The fourth-order valence-electron chi connectivity index (χ4n) is 0.477. The Hall–Kier alpha value is -0.630. The van der Waals surface area contributed by atoms with Crippen molar-refractivity contribution in [1.29, 1.82) is 0 Å². The lowest BCUT2D eigenvalue weighted by Gasteiger charge is -1.79. The van der Waals surface area contributed by atoms with Crippen LogP contribution in [0.2, 0.25) is 0 Å². The molecule has 0 aromatic carbocycles. The summed E-state index contributed by atoms with van der Waals surface area (Å²) in [4.78, 5) is 9.40. The number of aliphatic hydroxyl groups is 1. The lowest BCUT2D eigenvalue weighted by atomic mass is 10.3. The van der Waals surface area contributed by atoms with Gasteiger partial charge in [0.15, 0.2) is 0 Å². The number of hydrogen-bond acceptors (Lipinski definition) is 2. The Balaban J connectivity index is 0. The SMILES string of the molecule is CCCC=CCO.CCCC=O. The second kappa shape index (κ2) is 16.8. The molecule has 0 unspecified atom stereocenters. The van der Waals surface area contributed by atoms with E-state index in [9.17, 15) is 4.79 Å². The van der Waals surface area contributed by atoms with Crippen molar-refractivity contribution in [1.82, 2.24) is 0 Å². The van der Waals surface area contributed by atoms with E-state index in [2.05, 4.69) is 6.92 Å². The Bertz CT molecular complexity index is 98.0. The molecule has 1 N–H and O–H groups in total. The summed E-state index contributed by atoms with van der Waals surface area (Å²) in [6.07, 6.45) is 8.62. The molecule has 0 aliphatic rings. The Morgan fingerprint density at radius 1 is 1.08 bits per heavy atom. The van der Waals surface area contributed by atoms with Crippen LogP contribution in [0.5, 0.6) is 0 Å². The third-order valence-electron chi connectivity index (χ3n) is 1.13. The van der Waals surface area contributed by atoms with Gasteiger partial charge in [-0.3, -0.25) is 0 Å². The van der Waals surface area contributed by atoms with Gasteiger partial charge in [-0.25, -0.2) is 0 Å². The zero-order valence-electron chi connectivity index (χ0n) is 8.12. The molecule has 0 amide bonds. The summed E-state index contributed by atoms with van der Waals surface area (Å²) in [6.45, 7) is 4.27. The maximum absolute atomic E-state index is 9.40. The average Bonchev–Trinajstić information content (AvgIpc) is 2.08. The van der Waals surface area contributed by atoms with E-state index in [1.807, 2.05) is 13.0 Å². The number of aliphatic hydroxyl groups excluding tert-OH is 1. The minimum Gasteiger partial charge on any atom is -0.392 e. The first kappa shape index (κ1) is 13.9. The van der Waals surface area contributed by atoms with Crippen molar-refractivity contribution in [3.8, 4) is 0 Å². The van der Waals surface area contributed by atoms with E-state index in [4.69, 9.17) is 5.11 Å². The van der Waals surface area contributed by atoms with Crippen molar-refractivity contribution in [3.05, 3.63) is 12.2 Å². The maximum atomic E-state index is 9.40. The molecule has 0 aliphatic heterocycles. The minimum absolute atomic E-state index is 0.181. The van der Waals surface area contributed by atoms with Crippen LogP contribution in [0.25, 0.3) is 0 Å². The summed E-state index contributed by atoms with van der Waals surface area (Å²) >= 11 is 0. The van der Waals surface area contributed by atoms with Gasteiger partial charge in [-0.2, -0.15) is 0 Å². The summed E-state index contributed by atoms with van der Waals surface area (Å²) in [5.41, 5.74) is 0. The van der Waals surface area contributed by atoms with Gasteiger partial charge in [0.05, 0.1) is 6.61 Å². The van der Waals surface area contributed by atoms with E-state index in [1.54, 1.807) is 6.08 Å². The van der Waals surface area contributed by atoms with Gasteiger partial charge in [-0.15, -0.1) is 0 Å². The summed E-state index contributed by atoms with van der Waals surface area (Å²) in [6, 6.07) is 0. The van der Waals surface area contributed by atoms with Crippen LogP contribution in [-0.2, 0) is 4.79 Å². The number of hydrogen-bond donors (Lipinski definition) is 1. The van der Waals surface area contributed by atoms with Crippen LogP contribution < -0.4 is 0 Å². The van der Waals surface area contributed by atoms with E-state index in [0.717, 1.165) is 25.5 Å². The van der Waals surface area contributed by atoms with Crippen molar-refractivity contribution in [3.63, 3.8) is 0 Å². The monoisotopic (exact) mass is 172 g/mol. The fraction of sp³-hybridized carbons (Fsp3) is 0.700. The third-order valence-corrected chi connectivity index (χ3v) is 1.13. The first-order valence-corrected chi connectivity index (χ1v) is 4.52. The Morgan fingerprint density at radius 3 is 1.92 bits per heavy atom. The van der Waals surface area contributed by atoms with Crippen molar-refractivity contribution in [2.45, 2.75) is 39.5 Å². The number of unbranched alkanes of at least 4 members (excludes halogenated alkanes) is 2. The first-order chi connectivity index (χ1) is 5.83. The largest absolute Gasteiger partial charge is 0.392 e. The number of allylic oxidation sites excluding steroid dienone is 1. The minimum atomic E-state index is 0.181. The van der Waals surface area contributed by atoms with Crippen LogP contribution in [0.15, 0.2) is 12.2 Å². The molecule has 0 fully saturated rings. The second-order valence-electron chi connectivity index (χ2n) is 2.40.